The Morgan fingerprint density at radius 1 is 0.640 bits per heavy atom. The van der Waals surface area contributed by atoms with E-state index in [2.05, 4.69) is 0 Å². The van der Waals surface area contributed by atoms with Gasteiger partial charge in [-0.05, 0) is 51.0 Å². The van der Waals surface area contributed by atoms with Crippen molar-refractivity contribution in [2.75, 3.05) is 0 Å². The van der Waals surface area contributed by atoms with E-state index in [-0.39, 0.29) is 58.7 Å². The molecule has 0 saturated heterocycles. The fraction of sp³-hybridized carbons (Fsp3) is 0.250. The molecular formula is C16H18BaO6S2. The third-order valence-electron chi connectivity index (χ3n) is 3.20. The van der Waals surface area contributed by atoms with E-state index in [0.717, 1.165) is 11.1 Å². The quantitative estimate of drug-likeness (QED) is 0.454. The third kappa shape index (κ3) is 7.94. The summed E-state index contributed by atoms with van der Waals surface area (Å²) in [5.74, 6) is 0. The van der Waals surface area contributed by atoms with Gasteiger partial charge in [0.15, 0.2) is 0 Å². The molecule has 0 heterocycles. The minimum Gasteiger partial charge on any atom is -0.744 e. The molecule has 0 atom stereocenters. The Kier molecular flexibility index (Phi) is 9.61. The molecule has 0 fully saturated rings. The predicted octanol–water partition coefficient (Wildman–Crippen LogP) is 2.03. The maximum Gasteiger partial charge on any atom is 2.00 e. The molecule has 0 saturated carbocycles. The second-order valence-electron chi connectivity index (χ2n) is 5.45. The first kappa shape index (κ1) is 24.8. The maximum absolute atomic E-state index is 10.6. The van der Waals surface area contributed by atoms with Crippen molar-refractivity contribution in [3.8, 4) is 0 Å². The zero-order chi connectivity index (χ0) is 18.7. The molecular weight excluding hydrogens is 490 g/mol. The number of hydrogen-bond acceptors (Lipinski definition) is 6. The first-order chi connectivity index (χ1) is 10.8. The van der Waals surface area contributed by atoms with Crippen molar-refractivity contribution in [3.05, 3.63) is 58.7 Å². The first-order valence-electron chi connectivity index (χ1n) is 6.88. The molecule has 9 heteroatoms. The monoisotopic (exact) mass is 508 g/mol. The van der Waals surface area contributed by atoms with Crippen molar-refractivity contribution < 1.29 is 25.9 Å². The molecule has 0 N–H and O–H groups in total. The number of hydrogen-bond donors (Lipinski definition) is 0. The van der Waals surface area contributed by atoms with Gasteiger partial charge < -0.3 is 9.11 Å². The summed E-state index contributed by atoms with van der Waals surface area (Å²) in [5.41, 5.74) is 2.90. The van der Waals surface area contributed by atoms with Crippen LogP contribution >= 0.6 is 0 Å². The average molecular weight is 508 g/mol. The van der Waals surface area contributed by atoms with Crippen LogP contribution in [0.1, 0.15) is 22.3 Å². The second-order valence-corrected chi connectivity index (χ2v) is 8.14. The van der Waals surface area contributed by atoms with E-state index in [1.165, 1.54) is 12.1 Å². The van der Waals surface area contributed by atoms with Crippen LogP contribution in [0, 0.1) is 27.7 Å². The van der Waals surface area contributed by atoms with Crippen molar-refractivity contribution in [1.82, 2.24) is 0 Å². The first-order valence-corrected chi connectivity index (χ1v) is 9.70. The Balaban J connectivity index is 0.000000443. The molecule has 0 radical (unpaired) electrons. The predicted molar refractivity (Wildman–Crippen MR) is 93.5 cm³/mol. The third-order valence-corrected chi connectivity index (χ3v) is 5.19. The normalized spacial score (nSPS) is 11.1. The van der Waals surface area contributed by atoms with Gasteiger partial charge in [-0.3, -0.25) is 0 Å². The van der Waals surface area contributed by atoms with Crippen LogP contribution < -0.4 is 0 Å². The van der Waals surface area contributed by atoms with Crippen LogP contribution in [0.15, 0.2) is 46.2 Å². The summed E-state index contributed by atoms with van der Waals surface area (Å²) in [6, 6.07) is 9.24. The van der Waals surface area contributed by atoms with Gasteiger partial charge in [-0.25, -0.2) is 16.8 Å². The standard InChI is InChI=1S/2C8H10O3S.Ba/c2*1-6-3-4-8(7(2)5-6)12(9,10)11;/h2*3-5H,1-2H3,(H,9,10,11);/q;;+2/p-2. The van der Waals surface area contributed by atoms with Crippen molar-refractivity contribution in [2.45, 2.75) is 37.5 Å². The summed E-state index contributed by atoms with van der Waals surface area (Å²) < 4.78 is 63.7. The summed E-state index contributed by atoms with van der Waals surface area (Å²) in [5, 5.41) is 0. The van der Waals surface area contributed by atoms with Crippen LogP contribution in [0.3, 0.4) is 0 Å². The molecule has 25 heavy (non-hydrogen) atoms. The zero-order valence-electron chi connectivity index (χ0n) is 14.4. The molecule has 132 valence electrons. The van der Waals surface area contributed by atoms with Gasteiger partial charge in [0.05, 0.1) is 9.79 Å². The topological polar surface area (TPSA) is 114 Å². The number of rotatable bonds is 2. The molecule has 0 amide bonds. The largest absolute Gasteiger partial charge is 2.00 e. The fourth-order valence-electron chi connectivity index (χ4n) is 2.16. The summed E-state index contributed by atoms with van der Waals surface area (Å²) in [7, 11) is -8.60. The minimum absolute atomic E-state index is 0. The molecule has 2 aromatic rings. The molecule has 0 bridgehead atoms. The summed E-state index contributed by atoms with van der Waals surface area (Å²) in [6.45, 7) is 6.90. The van der Waals surface area contributed by atoms with Gasteiger partial charge >= 0.3 is 48.9 Å². The molecule has 0 aliphatic carbocycles. The van der Waals surface area contributed by atoms with Crippen LogP contribution in [0.2, 0.25) is 0 Å². The van der Waals surface area contributed by atoms with E-state index in [0.29, 0.717) is 11.1 Å². The number of benzene rings is 2. The van der Waals surface area contributed by atoms with E-state index in [4.69, 9.17) is 0 Å². The van der Waals surface area contributed by atoms with Crippen LogP contribution in [-0.2, 0) is 20.2 Å². The van der Waals surface area contributed by atoms with Crippen molar-refractivity contribution in [1.29, 1.82) is 0 Å². The maximum atomic E-state index is 10.6. The van der Waals surface area contributed by atoms with Crippen molar-refractivity contribution in [3.63, 3.8) is 0 Å². The Hall–Kier alpha value is -0.169. The van der Waals surface area contributed by atoms with Gasteiger partial charge in [0, 0.05) is 0 Å². The average Bonchev–Trinajstić information content (AvgIpc) is 2.35. The van der Waals surface area contributed by atoms with E-state index in [9.17, 15) is 25.9 Å². The molecule has 0 aliphatic rings. The van der Waals surface area contributed by atoms with Gasteiger partial charge in [0.1, 0.15) is 20.2 Å². The molecule has 2 aromatic carbocycles. The van der Waals surface area contributed by atoms with Crippen molar-refractivity contribution >= 4 is 69.1 Å². The Morgan fingerprint density at radius 3 is 1.12 bits per heavy atom. The van der Waals surface area contributed by atoms with Gasteiger partial charge in [-0.1, -0.05) is 35.4 Å². The van der Waals surface area contributed by atoms with E-state index in [1.807, 2.05) is 13.8 Å². The summed E-state index contributed by atoms with van der Waals surface area (Å²) >= 11 is 0. The van der Waals surface area contributed by atoms with Crippen LogP contribution in [-0.4, -0.2) is 74.8 Å². The zero-order valence-corrected chi connectivity index (χ0v) is 20.5. The van der Waals surface area contributed by atoms with Crippen LogP contribution in [0.4, 0.5) is 0 Å². The molecule has 0 unspecified atom stereocenters. The molecule has 0 aromatic heterocycles. The fourth-order valence-corrected chi connectivity index (χ4v) is 3.54. The number of aryl methyl sites for hydroxylation is 4. The van der Waals surface area contributed by atoms with Crippen LogP contribution in [0.5, 0.6) is 0 Å². The van der Waals surface area contributed by atoms with Gasteiger partial charge in [-0.15, -0.1) is 0 Å². The van der Waals surface area contributed by atoms with Crippen LogP contribution in [0.25, 0.3) is 0 Å². The summed E-state index contributed by atoms with van der Waals surface area (Å²) in [4.78, 5) is -0.263. The Bertz CT molecular complexity index is 871. The second kappa shape index (κ2) is 9.68. The van der Waals surface area contributed by atoms with Crippen molar-refractivity contribution in [2.24, 2.45) is 0 Å². The van der Waals surface area contributed by atoms with E-state index < -0.39 is 20.2 Å². The van der Waals surface area contributed by atoms with Gasteiger partial charge in [-0.2, -0.15) is 0 Å². The SMILES string of the molecule is Cc1ccc(S(=O)(=O)[O-])c(C)c1.Cc1ccc(S(=O)(=O)[O-])c(C)c1.[Ba+2]. The minimum atomic E-state index is -4.30. The smallest absolute Gasteiger partial charge is 0.744 e. The van der Waals surface area contributed by atoms with Gasteiger partial charge in [0.25, 0.3) is 0 Å². The summed E-state index contributed by atoms with van der Waals surface area (Å²) in [6.07, 6.45) is 0. The molecule has 2 rings (SSSR count). The molecule has 0 spiro atoms. The van der Waals surface area contributed by atoms with E-state index >= 15 is 0 Å². The van der Waals surface area contributed by atoms with Gasteiger partial charge in [0.2, 0.25) is 0 Å². The molecule has 0 aliphatic heterocycles. The Labute approximate surface area is 189 Å². The Morgan fingerprint density at radius 2 is 0.920 bits per heavy atom. The van der Waals surface area contributed by atoms with E-state index in [1.54, 1.807) is 38.1 Å². The molecule has 6 nitrogen and oxygen atoms in total.